The van der Waals surface area contributed by atoms with Crippen molar-refractivity contribution in [3.63, 3.8) is 0 Å². The molecule has 1 aromatic heterocycles. The van der Waals surface area contributed by atoms with Crippen molar-refractivity contribution in [2.24, 2.45) is 0 Å². The van der Waals surface area contributed by atoms with Gasteiger partial charge in [0.25, 0.3) is 5.91 Å². The van der Waals surface area contributed by atoms with E-state index in [2.05, 4.69) is 20.9 Å². The number of pyridine rings is 1. The molecule has 0 radical (unpaired) electrons. The van der Waals surface area contributed by atoms with Gasteiger partial charge in [-0.15, -0.1) is 0 Å². The highest BCUT2D eigenvalue weighted by molar-refractivity contribution is 6.40. The SMILES string of the molecule is CNCCCNc1c(C)cnc2c(NC(=O)c3c(Cl)cccc3Cl)cccc12. The highest BCUT2D eigenvalue weighted by atomic mass is 35.5. The van der Waals surface area contributed by atoms with Crippen molar-refractivity contribution >= 4 is 51.4 Å². The number of carbonyl (C=O) groups is 1. The summed E-state index contributed by atoms with van der Waals surface area (Å²) in [6.07, 6.45) is 2.81. The third-order valence-corrected chi connectivity index (χ3v) is 5.06. The van der Waals surface area contributed by atoms with Gasteiger partial charge in [-0.1, -0.05) is 41.4 Å². The Kier molecular flexibility index (Phi) is 6.73. The quantitative estimate of drug-likeness (QED) is 0.467. The van der Waals surface area contributed by atoms with Gasteiger partial charge in [0.2, 0.25) is 0 Å². The first-order valence-electron chi connectivity index (χ1n) is 9.05. The number of amides is 1. The van der Waals surface area contributed by atoms with Gasteiger partial charge in [-0.3, -0.25) is 9.78 Å². The third kappa shape index (κ3) is 4.38. The number of nitrogens with zero attached hydrogens (tertiary/aromatic N) is 1. The van der Waals surface area contributed by atoms with Crippen LogP contribution in [0.2, 0.25) is 10.0 Å². The van der Waals surface area contributed by atoms with E-state index >= 15 is 0 Å². The zero-order chi connectivity index (χ0) is 20.1. The number of rotatable bonds is 7. The molecule has 0 saturated heterocycles. The Bertz CT molecular complexity index is 987. The lowest BCUT2D eigenvalue weighted by Crippen LogP contribution is -2.15. The van der Waals surface area contributed by atoms with E-state index in [0.29, 0.717) is 21.2 Å². The molecule has 0 aliphatic carbocycles. The normalized spacial score (nSPS) is 10.9. The Hall–Kier alpha value is -2.34. The van der Waals surface area contributed by atoms with Gasteiger partial charge in [-0.2, -0.15) is 0 Å². The number of anilines is 2. The monoisotopic (exact) mass is 416 g/mol. The summed E-state index contributed by atoms with van der Waals surface area (Å²) in [4.78, 5) is 17.3. The minimum Gasteiger partial charge on any atom is -0.384 e. The number of nitrogens with one attached hydrogen (secondary N) is 3. The van der Waals surface area contributed by atoms with Gasteiger partial charge in [0.1, 0.15) is 0 Å². The van der Waals surface area contributed by atoms with Gasteiger partial charge >= 0.3 is 0 Å². The van der Waals surface area contributed by atoms with Crippen molar-refractivity contribution in [2.75, 3.05) is 30.8 Å². The van der Waals surface area contributed by atoms with Crippen LogP contribution in [-0.4, -0.2) is 31.0 Å². The summed E-state index contributed by atoms with van der Waals surface area (Å²) in [6, 6.07) is 10.7. The predicted molar refractivity (Wildman–Crippen MR) is 118 cm³/mol. The van der Waals surface area contributed by atoms with E-state index in [1.165, 1.54) is 0 Å². The number of fused-ring (bicyclic) bond motifs is 1. The maximum atomic E-state index is 12.8. The van der Waals surface area contributed by atoms with Crippen LogP contribution >= 0.6 is 23.2 Å². The Morgan fingerprint density at radius 3 is 2.50 bits per heavy atom. The minimum absolute atomic E-state index is 0.250. The van der Waals surface area contributed by atoms with E-state index in [1.807, 2.05) is 32.2 Å². The molecule has 2 aromatic carbocycles. The molecule has 1 heterocycles. The van der Waals surface area contributed by atoms with Crippen molar-refractivity contribution in [2.45, 2.75) is 13.3 Å². The fourth-order valence-electron chi connectivity index (χ4n) is 3.04. The zero-order valence-corrected chi connectivity index (χ0v) is 17.3. The average molecular weight is 417 g/mol. The van der Waals surface area contributed by atoms with Crippen LogP contribution in [0.3, 0.4) is 0 Å². The van der Waals surface area contributed by atoms with Crippen molar-refractivity contribution in [1.82, 2.24) is 10.3 Å². The first-order valence-corrected chi connectivity index (χ1v) is 9.80. The number of aryl methyl sites for hydroxylation is 1. The lowest BCUT2D eigenvalue weighted by Gasteiger charge is -2.15. The van der Waals surface area contributed by atoms with Crippen molar-refractivity contribution in [3.05, 3.63) is 63.8 Å². The highest BCUT2D eigenvalue weighted by Crippen LogP contribution is 2.31. The van der Waals surface area contributed by atoms with Gasteiger partial charge in [-0.05, 0) is 50.7 Å². The van der Waals surface area contributed by atoms with E-state index in [4.69, 9.17) is 23.2 Å². The highest BCUT2D eigenvalue weighted by Gasteiger charge is 2.17. The molecule has 5 nitrogen and oxygen atoms in total. The Morgan fingerprint density at radius 2 is 1.79 bits per heavy atom. The number of benzene rings is 2. The molecule has 0 fully saturated rings. The molecule has 0 aliphatic rings. The molecule has 7 heteroatoms. The van der Waals surface area contributed by atoms with Gasteiger partial charge in [-0.25, -0.2) is 0 Å². The topological polar surface area (TPSA) is 66.1 Å². The second kappa shape index (κ2) is 9.24. The molecule has 0 atom stereocenters. The van der Waals surface area contributed by atoms with Gasteiger partial charge in [0.05, 0.1) is 26.8 Å². The average Bonchev–Trinajstić information content (AvgIpc) is 2.66. The predicted octanol–water partition coefficient (Wildman–Crippen LogP) is 5.12. The number of halogens is 2. The van der Waals surface area contributed by atoms with Crippen LogP contribution in [-0.2, 0) is 0 Å². The van der Waals surface area contributed by atoms with Crippen molar-refractivity contribution in [1.29, 1.82) is 0 Å². The molecule has 1 amide bonds. The number of para-hydroxylation sites is 1. The summed E-state index contributed by atoms with van der Waals surface area (Å²) in [5.74, 6) is -0.367. The Morgan fingerprint density at radius 1 is 1.07 bits per heavy atom. The van der Waals surface area contributed by atoms with E-state index in [9.17, 15) is 4.79 Å². The number of hydrogen-bond acceptors (Lipinski definition) is 4. The molecule has 146 valence electrons. The largest absolute Gasteiger partial charge is 0.384 e. The van der Waals surface area contributed by atoms with Crippen LogP contribution in [0, 0.1) is 6.92 Å². The van der Waals surface area contributed by atoms with Gasteiger partial charge in [0.15, 0.2) is 0 Å². The second-order valence-corrected chi connectivity index (χ2v) is 7.27. The summed E-state index contributed by atoms with van der Waals surface area (Å²) < 4.78 is 0. The fourth-order valence-corrected chi connectivity index (χ4v) is 3.61. The summed E-state index contributed by atoms with van der Waals surface area (Å²) >= 11 is 12.3. The van der Waals surface area contributed by atoms with Crippen molar-refractivity contribution < 1.29 is 4.79 Å². The van der Waals surface area contributed by atoms with Crippen LogP contribution in [0.25, 0.3) is 10.9 Å². The Balaban J connectivity index is 1.93. The third-order valence-electron chi connectivity index (χ3n) is 4.43. The Labute approximate surface area is 174 Å². The number of carbonyl (C=O) groups excluding carboxylic acids is 1. The standard InChI is InChI=1S/C21H22Cl2N4O/c1-13-12-26-20-14(19(13)25-11-5-10-24-2)6-3-9-17(20)27-21(28)18-15(22)7-4-8-16(18)23/h3-4,6-9,12,24H,5,10-11H2,1-2H3,(H,25,26)(H,27,28). The first kappa shape index (κ1) is 20.4. The molecule has 0 saturated carbocycles. The van der Waals surface area contributed by atoms with E-state index in [1.54, 1.807) is 24.4 Å². The van der Waals surface area contributed by atoms with Crippen LogP contribution in [0.1, 0.15) is 22.3 Å². The fraction of sp³-hybridized carbons (Fsp3) is 0.238. The summed E-state index contributed by atoms with van der Waals surface area (Å²) in [5.41, 5.74) is 3.64. The minimum atomic E-state index is -0.367. The molecule has 3 aromatic rings. The van der Waals surface area contributed by atoms with Crippen LogP contribution in [0.4, 0.5) is 11.4 Å². The molecule has 0 aliphatic heterocycles. The van der Waals surface area contributed by atoms with Crippen LogP contribution in [0.15, 0.2) is 42.6 Å². The first-order chi connectivity index (χ1) is 13.5. The van der Waals surface area contributed by atoms with Crippen LogP contribution < -0.4 is 16.0 Å². The zero-order valence-electron chi connectivity index (χ0n) is 15.8. The van der Waals surface area contributed by atoms with Gasteiger partial charge < -0.3 is 16.0 Å². The molecule has 3 N–H and O–H groups in total. The van der Waals surface area contributed by atoms with Gasteiger partial charge in [0, 0.05) is 23.8 Å². The molecule has 3 rings (SSSR count). The molecular formula is C21H22Cl2N4O. The molecule has 0 unspecified atom stereocenters. The number of hydrogen-bond donors (Lipinski definition) is 3. The maximum Gasteiger partial charge on any atom is 0.258 e. The molecule has 28 heavy (non-hydrogen) atoms. The van der Waals surface area contributed by atoms with E-state index in [-0.39, 0.29) is 11.5 Å². The molecular weight excluding hydrogens is 395 g/mol. The summed E-state index contributed by atoms with van der Waals surface area (Å²) in [5, 5.41) is 11.1. The molecule has 0 bridgehead atoms. The second-order valence-electron chi connectivity index (χ2n) is 6.45. The maximum absolute atomic E-state index is 12.8. The summed E-state index contributed by atoms with van der Waals surface area (Å²) in [6.45, 7) is 3.79. The van der Waals surface area contributed by atoms with E-state index < -0.39 is 0 Å². The van der Waals surface area contributed by atoms with E-state index in [0.717, 1.165) is 36.1 Å². The number of aromatic nitrogens is 1. The van der Waals surface area contributed by atoms with Crippen molar-refractivity contribution in [3.8, 4) is 0 Å². The molecule has 0 spiro atoms. The lowest BCUT2D eigenvalue weighted by molar-refractivity contribution is 0.102. The lowest BCUT2D eigenvalue weighted by atomic mass is 10.1. The van der Waals surface area contributed by atoms with Crippen LogP contribution in [0.5, 0.6) is 0 Å². The summed E-state index contributed by atoms with van der Waals surface area (Å²) in [7, 11) is 1.94. The smallest absolute Gasteiger partial charge is 0.258 e.